The van der Waals surface area contributed by atoms with E-state index in [-0.39, 0.29) is 0 Å². The summed E-state index contributed by atoms with van der Waals surface area (Å²) < 4.78 is 0. The average molecular weight is 224 g/mol. The first kappa shape index (κ1) is 14.6. The number of hydrogen-bond donors (Lipinski definition) is 1. The van der Waals surface area contributed by atoms with E-state index in [1.807, 2.05) is 6.08 Å². The average Bonchev–Trinajstić information content (AvgIpc) is 2.17. The van der Waals surface area contributed by atoms with Gasteiger partial charge < -0.3 is 0 Å². The molecule has 0 N–H and O–H groups in total. The molecular formula is C14H24S. The van der Waals surface area contributed by atoms with Crippen molar-refractivity contribution >= 4 is 12.6 Å². The van der Waals surface area contributed by atoms with Crippen molar-refractivity contribution in [3.05, 3.63) is 34.8 Å². The van der Waals surface area contributed by atoms with E-state index in [4.69, 9.17) is 0 Å². The van der Waals surface area contributed by atoms with Crippen molar-refractivity contribution in [1.29, 1.82) is 0 Å². The molecule has 0 unspecified atom stereocenters. The Bertz CT molecular complexity index is 255. The summed E-state index contributed by atoms with van der Waals surface area (Å²) in [5.74, 6) is 1.20. The maximum atomic E-state index is 4.07. The van der Waals surface area contributed by atoms with Gasteiger partial charge in [-0.25, -0.2) is 0 Å². The predicted molar refractivity (Wildman–Crippen MR) is 74.3 cm³/mol. The Morgan fingerprint density at radius 3 is 2.07 bits per heavy atom. The van der Waals surface area contributed by atoms with Crippen molar-refractivity contribution in [2.45, 2.75) is 41.0 Å². The summed E-state index contributed by atoms with van der Waals surface area (Å²) in [4.78, 5) is 0. The van der Waals surface area contributed by atoms with Crippen molar-refractivity contribution < 1.29 is 0 Å². The second kappa shape index (κ2) is 7.81. The minimum atomic E-state index is 0.565. The predicted octanol–water partition coefficient (Wildman–Crippen LogP) is 5.00. The highest BCUT2D eigenvalue weighted by atomic mass is 32.1. The summed E-state index contributed by atoms with van der Waals surface area (Å²) in [6, 6.07) is 0. The fraction of sp³-hybridized carbons (Fsp3) is 0.571. The van der Waals surface area contributed by atoms with E-state index in [0.29, 0.717) is 11.8 Å². The van der Waals surface area contributed by atoms with Gasteiger partial charge in [0.05, 0.1) is 0 Å². The lowest BCUT2D eigenvalue weighted by Crippen LogP contribution is -1.97. The molecule has 0 saturated carbocycles. The zero-order valence-electron chi connectivity index (χ0n) is 10.6. The highest BCUT2D eigenvalue weighted by Gasteiger charge is 2.04. The van der Waals surface area contributed by atoms with E-state index in [1.54, 1.807) is 5.41 Å². The molecule has 0 bridgehead atoms. The molecule has 0 aromatic carbocycles. The van der Waals surface area contributed by atoms with Gasteiger partial charge in [0.2, 0.25) is 0 Å². The summed E-state index contributed by atoms with van der Waals surface area (Å²) in [6.45, 7) is 11.2. The van der Waals surface area contributed by atoms with Crippen LogP contribution in [0.5, 0.6) is 0 Å². The molecular weight excluding hydrogens is 200 g/mol. The first-order valence-electron chi connectivity index (χ1n) is 5.74. The molecule has 15 heavy (non-hydrogen) atoms. The number of thiol groups is 1. The largest absolute Gasteiger partial charge is 0.151 e. The third-order valence-electron chi connectivity index (χ3n) is 2.54. The minimum Gasteiger partial charge on any atom is -0.151 e. The van der Waals surface area contributed by atoms with Crippen LogP contribution in [0.15, 0.2) is 34.8 Å². The fourth-order valence-corrected chi connectivity index (χ4v) is 1.54. The standard InChI is InChI=1S/C14H24S/c1-6-13(11(2)3)10-14(12(4)5)8-7-9-15/h7-12,15H,6H2,1-5H3/b9-7+,13-10+,14-8+. The van der Waals surface area contributed by atoms with Crippen LogP contribution in [0, 0.1) is 11.8 Å². The molecule has 0 aliphatic carbocycles. The van der Waals surface area contributed by atoms with Gasteiger partial charge in [0, 0.05) is 0 Å². The summed E-state index contributed by atoms with van der Waals surface area (Å²) in [5.41, 5.74) is 2.90. The summed E-state index contributed by atoms with van der Waals surface area (Å²) in [6.07, 6.45) is 7.60. The van der Waals surface area contributed by atoms with Crippen molar-refractivity contribution in [3.8, 4) is 0 Å². The van der Waals surface area contributed by atoms with E-state index >= 15 is 0 Å². The number of hydrogen-bond acceptors (Lipinski definition) is 1. The third-order valence-corrected chi connectivity index (χ3v) is 2.72. The van der Waals surface area contributed by atoms with E-state index in [0.717, 1.165) is 6.42 Å². The first-order chi connectivity index (χ1) is 7.02. The van der Waals surface area contributed by atoms with Crippen LogP contribution in [0.4, 0.5) is 0 Å². The van der Waals surface area contributed by atoms with Gasteiger partial charge in [-0.1, -0.05) is 58.4 Å². The molecule has 86 valence electrons. The smallest absolute Gasteiger partial charge is 0.0219 e. The van der Waals surface area contributed by atoms with Crippen LogP contribution >= 0.6 is 12.6 Å². The highest BCUT2D eigenvalue weighted by molar-refractivity contribution is 7.83. The molecule has 1 heteroatoms. The van der Waals surface area contributed by atoms with Crippen LogP contribution < -0.4 is 0 Å². The Balaban J connectivity index is 4.94. The van der Waals surface area contributed by atoms with Gasteiger partial charge in [0.25, 0.3) is 0 Å². The minimum absolute atomic E-state index is 0.565. The molecule has 0 spiro atoms. The van der Waals surface area contributed by atoms with Crippen molar-refractivity contribution in [2.24, 2.45) is 11.8 Å². The summed E-state index contributed by atoms with van der Waals surface area (Å²) in [5, 5.41) is 1.78. The Morgan fingerprint density at radius 2 is 1.73 bits per heavy atom. The van der Waals surface area contributed by atoms with Crippen LogP contribution in [0.1, 0.15) is 41.0 Å². The molecule has 0 aromatic rings. The quantitative estimate of drug-likeness (QED) is 0.493. The Morgan fingerprint density at radius 1 is 1.13 bits per heavy atom. The van der Waals surface area contributed by atoms with Crippen molar-refractivity contribution in [1.82, 2.24) is 0 Å². The zero-order chi connectivity index (χ0) is 11.8. The van der Waals surface area contributed by atoms with Crippen LogP contribution in [0.2, 0.25) is 0 Å². The van der Waals surface area contributed by atoms with Crippen LogP contribution in [-0.2, 0) is 0 Å². The third kappa shape index (κ3) is 5.88. The van der Waals surface area contributed by atoms with Gasteiger partial charge in [0.1, 0.15) is 0 Å². The van der Waals surface area contributed by atoms with E-state index in [1.165, 1.54) is 11.1 Å². The number of allylic oxidation sites excluding steroid dienone is 5. The normalized spacial score (nSPS) is 14.7. The molecule has 0 nitrogen and oxygen atoms in total. The van der Waals surface area contributed by atoms with Crippen LogP contribution in [-0.4, -0.2) is 0 Å². The van der Waals surface area contributed by atoms with Gasteiger partial charge >= 0.3 is 0 Å². The van der Waals surface area contributed by atoms with Crippen molar-refractivity contribution in [2.75, 3.05) is 0 Å². The maximum Gasteiger partial charge on any atom is -0.0219 e. The maximum absolute atomic E-state index is 4.07. The SMILES string of the molecule is CC\C(=C/C(=C\C=C\S)C(C)C)C(C)C. The second-order valence-electron chi connectivity index (χ2n) is 4.39. The molecule has 0 aromatic heterocycles. The molecule has 0 saturated heterocycles. The topological polar surface area (TPSA) is 0 Å². The first-order valence-corrected chi connectivity index (χ1v) is 6.25. The molecule has 0 fully saturated rings. The summed E-state index contributed by atoms with van der Waals surface area (Å²) >= 11 is 4.07. The van der Waals surface area contributed by atoms with E-state index in [9.17, 15) is 0 Å². The number of rotatable bonds is 5. The molecule has 0 radical (unpaired) electrons. The van der Waals surface area contributed by atoms with Gasteiger partial charge in [0.15, 0.2) is 0 Å². The van der Waals surface area contributed by atoms with Crippen LogP contribution in [0.3, 0.4) is 0 Å². The summed E-state index contributed by atoms with van der Waals surface area (Å²) in [7, 11) is 0. The lowest BCUT2D eigenvalue weighted by molar-refractivity contribution is 0.719. The molecule has 0 heterocycles. The zero-order valence-corrected chi connectivity index (χ0v) is 11.5. The van der Waals surface area contributed by atoms with E-state index in [2.05, 4.69) is 59.4 Å². The van der Waals surface area contributed by atoms with E-state index < -0.39 is 0 Å². The molecule has 0 amide bonds. The lowest BCUT2D eigenvalue weighted by Gasteiger charge is -2.12. The van der Waals surface area contributed by atoms with Gasteiger partial charge in [-0.3, -0.25) is 0 Å². The van der Waals surface area contributed by atoms with Gasteiger partial charge in [-0.05, 0) is 29.2 Å². The highest BCUT2D eigenvalue weighted by Crippen LogP contribution is 2.20. The molecule has 0 aliphatic heterocycles. The Labute approximate surface area is 101 Å². The second-order valence-corrected chi connectivity index (χ2v) is 4.69. The molecule has 0 atom stereocenters. The Hall–Kier alpha value is -0.430. The lowest BCUT2D eigenvalue weighted by atomic mass is 9.94. The van der Waals surface area contributed by atoms with Gasteiger partial charge in [-0.15, -0.1) is 0 Å². The fourth-order valence-electron chi connectivity index (χ4n) is 1.45. The molecule has 0 aliphatic rings. The van der Waals surface area contributed by atoms with Gasteiger partial charge in [-0.2, -0.15) is 12.6 Å². The molecule has 0 rings (SSSR count). The van der Waals surface area contributed by atoms with Crippen molar-refractivity contribution in [3.63, 3.8) is 0 Å². The van der Waals surface area contributed by atoms with Crippen LogP contribution in [0.25, 0.3) is 0 Å². The monoisotopic (exact) mass is 224 g/mol. The Kier molecular flexibility index (Phi) is 7.59.